The van der Waals surface area contributed by atoms with Crippen molar-refractivity contribution in [2.45, 2.75) is 134 Å². The van der Waals surface area contributed by atoms with Gasteiger partial charge in [-0.3, -0.25) is 19.0 Å². The number of alkyl halides is 3. The Morgan fingerprint density at radius 3 is 2.52 bits per heavy atom. The number of nitrogens with one attached hydrogen (secondary N) is 2. The Labute approximate surface area is 338 Å². The van der Waals surface area contributed by atoms with E-state index < -0.39 is 53.3 Å². The first-order valence-corrected chi connectivity index (χ1v) is 20.9. The van der Waals surface area contributed by atoms with Crippen LogP contribution in [0.1, 0.15) is 115 Å². The van der Waals surface area contributed by atoms with Crippen LogP contribution in [-0.2, 0) is 42.4 Å². The molecule has 8 atom stereocenters. The van der Waals surface area contributed by atoms with Crippen molar-refractivity contribution in [3.63, 3.8) is 0 Å². The maximum absolute atomic E-state index is 14.6. The zero-order valence-electron chi connectivity index (χ0n) is 34.3. The van der Waals surface area contributed by atoms with Crippen molar-refractivity contribution in [1.29, 1.82) is 0 Å². The highest BCUT2D eigenvalue weighted by molar-refractivity contribution is 6.47. The van der Waals surface area contributed by atoms with Gasteiger partial charge in [-0.15, -0.1) is 0 Å². The second kappa shape index (κ2) is 14.5. The molecule has 3 aromatic rings. The number of likely N-dealkylation sites (tertiary alicyclic amines) is 1. The molecule has 4 heterocycles. The Kier molecular flexibility index (Phi) is 10.2. The van der Waals surface area contributed by atoms with E-state index in [9.17, 15) is 27.6 Å². The van der Waals surface area contributed by atoms with Gasteiger partial charge < -0.3 is 24.8 Å². The average Bonchev–Trinajstić information content (AvgIpc) is 3.70. The number of amides is 2. The Hall–Kier alpha value is -4.17. The van der Waals surface area contributed by atoms with Crippen molar-refractivity contribution in [3.05, 3.63) is 93.7 Å². The van der Waals surface area contributed by atoms with Crippen LogP contribution in [0.4, 0.5) is 18.9 Å². The maximum atomic E-state index is 14.6. The monoisotopic (exact) mass is 801 g/mol. The Balaban J connectivity index is 1.06. The van der Waals surface area contributed by atoms with Gasteiger partial charge in [-0.25, -0.2) is 4.98 Å². The Bertz CT molecular complexity index is 2130. The molecule has 1 unspecified atom stereocenters. The Morgan fingerprint density at radius 2 is 1.81 bits per heavy atom. The normalized spacial score (nSPS) is 31.5. The number of rotatable bonds is 10. The average molecular weight is 802 g/mol. The lowest BCUT2D eigenvalue weighted by molar-refractivity contribution is -0.199. The van der Waals surface area contributed by atoms with Crippen molar-refractivity contribution in [1.82, 2.24) is 19.8 Å². The SMILES string of the molecule is CC[C@H](NC(=O)[C@@H]1C[C@@](C)(CC(=O)N2CCCC(C)(c3ccccc3)C2)c2ncc(NCc3cccc(C(F)(F)F)c3)c(=O)n21)B1O[C@@H]2C[C@@H]3C[C@@H](C3(C)C)[C@]2(C)O1. The van der Waals surface area contributed by atoms with Crippen LogP contribution in [-0.4, -0.2) is 64.1 Å². The number of anilines is 1. The Morgan fingerprint density at radius 1 is 1.05 bits per heavy atom. The summed E-state index contributed by atoms with van der Waals surface area (Å²) in [7, 11) is -0.665. The molecule has 2 bridgehead atoms. The molecule has 3 aliphatic carbocycles. The summed E-state index contributed by atoms with van der Waals surface area (Å²) in [6, 6.07) is 14.1. The fraction of sp³-hybridized carbons (Fsp3) is 0.591. The molecular weight excluding hydrogens is 746 g/mol. The number of piperidine rings is 1. The van der Waals surface area contributed by atoms with Crippen LogP contribution in [0.5, 0.6) is 0 Å². The third-order valence-corrected chi connectivity index (χ3v) is 14.7. The zero-order chi connectivity index (χ0) is 41.4. The van der Waals surface area contributed by atoms with Crippen LogP contribution in [0, 0.1) is 17.3 Å². The van der Waals surface area contributed by atoms with Gasteiger partial charge in [-0.1, -0.05) is 77.1 Å². The van der Waals surface area contributed by atoms with E-state index in [1.807, 2.05) is 36.9 Å². The number of halogens is 3. The van der Waals surface area contributed by atoms with E-state index in [1.165, 1.54) is 22.4 Å². The number of nitrogens with zero attached hydrogens (tertiary/aromatic N) is 3. The number of carbonyl (C=O) groups excluding carboxylic acids is 2. The van der Waals surface area contributed by atoms with Crippen molar-refractivity contribution >= 4 is 24.6 Å². The molecule has 0 radical (unpaired) electrons. The molecule has 2 amide bonds. The maximum Gasteiger partial charge on any atom is 0.481 e. The van der Waals surface area contributed by atoms with Gasteiger partial charge in [0.25, 0.3) is 5.56 Å². The summed E-state index contributed by atoms with van der Waals surface area (Å²) in [5.41, 5.74) is -1.30. The second-order valence-corrected chi connectivity index (χ2v) is 18.9. The first-order valence-electron chi connectivity index (χ1n) is 20.9. The molecule has 6 aliphatic rings. The minimum Gasteiger partial charge on any atom is -0.404 e. The molecule has 3 aliphatic heterocycles. The molecular formula is C44H55BF3N5O5. The number of hydrogen-bond acceptors (Lipinski definition) is 7. The van der Waals surface area contributed by atoms with E-state index >= 15 is 0 Å². The van der Waals surface area contributed by atoms with Crippen molar-refractivity contribution in [2.24, 2.45) is 17.3 Å². The second-order valence-electron chi connectivity index (χ2n) is 18.9. The number of carbonyl (C=O) groups is 2. The van der Waals surface area contributed by atoms with Crippen molar-refractivity contribution in [2.75, 3.05) is 18.4 Å². The van der Waals surface area contributed by atoms with E-state index in [0.29, 0.717) is 42.7 Å². The summed E-state index contributed by atoms with van der Waals surface area (Å²) >= 11 is 0. The third-order valence-electron chi connectivity index (χ3n) is 14.7. The predicted octanol–water partition coefficient (Wildman–Crippen LogP) is 7.21. The lowest BCUT2D eigenvalue weighted by atomic mass is 9.43. The molecule has 2 aromatic carbocycles. The summed E-state index contributed by atoms with van der Waals surface area (Å²) in [5.74, 6) is 0.251. The van der Waals surface area contributed by atoms with Gasteiger partial charge in [0.2, 0.25) is 11.8 Å². The van der Waals surface area contributed by atoms with Gasteiger partial charge in [0.15, 0.2) is 0 Å². The van der Waals surface area contributed by atoms with E-state index in [-0.39, 0.29) is 47.9 Å². The van der Waals surface area contributed by atoms with E-state index in [1.54, 1.807) is 6.07 Å². The standard InChI is InChI=1S/C44H55BF3N5O5/c1-7-35(45-57-34-21-30-20-33(40(30,2)3)43(34,6)58-45)51-37(55)32-22-42(5,23-36(54)52-18-12-17-41(4,26-52)28-14-9-8-10-15-28)39-50-25-31(38(56)53(32)39)49-24-27-13-11-16-29(19-27)44(46,47)48/h8-11,13-16,19,25,30,32-35,49H,7,12,17-18,20-24,26H2,1-6H3,(H,51,55)/t30-,32-,33-,34+,35-,41?,42-,43-/m0/s1. The molecule has 3 saturated carbocycles. The highest BCUT2D eigenvalue weighted by Crippen LogP contribution is 2.65. The highest BCUT2D eigenvalue weighted by Gasteiger charge is 2.68. The molecule has 1 aromatic heterocycles. The molecule has 0 spiro atoms. The van der Waals surface area contributed by atoms with Crippen LogP contribution in [0.3, 0.4) is 0 Å². The molecule has 9 rings (SSSR count). The number of fused-ring (bicyclic) bond motifs is 1. The smallest absolute Gasteiger partial charge is 0.404 e. The minimum absolute atomic E-state index is 0.0372. The third kappa shape index (κ3) is 6.95. The molecule has 2 saturated heterocycles. The van der Waals surface area contributed by atoms with E-state index in [0.717, 1.165) is 37.8 Å². The topological polar surface area (TPSA) is 115 Å². The van der Waals surface area contributed by atoms with Crippen LogP contribution in [0.25, 0.3) is 0 Å². The largest absolute Gasteiger partial charge is 0.481 e. The lowest BCUT2D eigenvalue weighted by Gasteiger charge is -2.64. The number of aromatic nitrogens is 2. The van der Waals surface area contributed by atoms with Gasteiger partial charge in [0.1, 0.15) is 17.6 Å². The quantitative estimate of drug-likeness (QED) is 0.209. The van der Waals surface area contributed by atoms with Crippen LogP contribution >= 0.6 is 0 Å². The molecule has 14 heteroatoms. The van der Waals surface area contributed by atoms with Crippen molar-refractivity contribution < 1.29 is 32.1 Å². The summed E-state index contributed by atoms with van der Waals surface area (Å²) in [5, 5.41) is 6.15. The molecule has 2 N–H and O–H groups in total. The van der Waals surface area contributed by atoms with Gasteiger partial charge in [0, 0.05) is 36.9 Å². The van der Waals surface area contributed by atoms with Gasteiger partial charge in [-0.2, -0.15) is 13.2 Å². The first kappa shape index (κ1) is 40.6. The summed E-state index contributed by atoms with van der Waals surface area (Å²) in [4.78, 5) is 49.9. The van der Waals surface area contributed by atoms with Crippen LogP contribution in [0.15, 0.2) is 65.6 Å². The van der Waals surface area contributed by atoms with Gasteiger partial charge >= 0.3 is 13.3 Å². The van der Waals surface area contributed by atoms with Gasteiger partial charge in [0.05, 0.1) is 29.4 Å². The van der Waals surface area contributed by atoms with E-state index in [4.69, 9.17) is 14.3 Å². The molecule has 5 fully saturated rings. The van der Waals surface area contributed by atoms with Crippen LogP contribution in [0.2, 0.25) is 0 Å². The van der Waals surface area contributed by atoms with E-state index in [2.05, 4.69) is 50.5 Å². The zero-order valence-corrected chi connectivity index (χ0v) is 34.3. The fourth-order valence-corrected chi connectivity index (χ4v) is 11.0. The van der Waals surface area contributed by atoms with Crippen molar-refractivity contribution in [3.8, 4) is 0 Å². The minimum atomic E-state index is -4.51. The fourth-order valence-electron chi connectivity index (χ4n) is 11.0. The molecule has 310 valence electrons. The highest BCUT2D eigenvalue weighted by atomic mass is 19.4. The number of hydrogen-bond donors (Lipinski definition) is 2. The molecule has 58 heavy (non-hydrogen) atoms. The lowest BCUT2D eigenvalue weighted by Crippen LogP contribution is -2.65. The molecule has 10 nitrogen and oxygen atoms in total. The summed E-state index contributed by atoms with van der Waals surface area (Å²) in [6.45, 7) is 13.8. The number of benzene rings is 2. The summed E-state index contributed by atoms with van der Waals surface area (Å²) < 4.78 is 55.0. The van der Waals surface area contributed by atoms with Gasteiger partial charge in [-0.05, 0) is 86.0 Å². The first-order chi connectivity index (χ1) is 27.4. The van der Waals surface area contributed by atoms with Crippen LogP contribution < -0.4 is 16.2 Å². The predicted molar refractivity (Wildman–Crippen MR) is 215 cm³/mol. The summed E-state index contributed by atoms with van der Waals surface area (Å²) in [6.07, 6.45) is 1.27.